The summed E-state index contributed by atoms with van der Waals surface area (Å²) in [5.41, 5.74) is 2.39. The van der Waals surface area contributed by atoms with Gasteiger partial charge in [-0.1, -0.05) is 68.9 Å². The van der Waals surface area contributed by atoms with Gasteiger partial charge in [0.1, 0.15) is 11.8 Å². The number of anilines is 1. The number of carbonyl (C=O) groups is 3. The van der Waals surface area contributed by atoms with Crippen LogP contribution in [0.25, 0.3) is 0 Å². The van der Waals surface area contributed by atoms with Crippen LogP contribution in [0.1, 0.15) is 28.8 Å². The highest BCUT2D eigenvalue weighted by atomic mass is 79.9. The van der Waals surface area contributed by atoms with Crippen LogP contribution < -0.4 is 9.77 Å². The second-order valence-electron chi connectivity index (χ2n) is 8.37. The number of amides is 2. The second-order valence-corrected chi connectivity index (χ2v) is 11.4. The van der Waals surface area contributed by atoms with Crippen LogP contribution in [0.5, 0.6) is 0 Å². The molecule has 2 aromatic carbocycles. The van der Waals surface area contributed by atoms with Gasteiger partial charge in [0.25, 0.3) is 0 Å². The molecular formula is C25H21BrN2O5S2. The first-order valence-corrected chi connectivity index (χ1v) is 13.5. The molecular weight excluding hydrogens is 552 g/mol. The molecule has 0 aliphatic carbocycles. The molecule has 3 aromatic rings. The Morgan fingerprint density at radius 1 is 1.03 bits per heavy atom. The van der Waals surface area contributed by atoms with Gasteiger partial charge in [0.15, 0.2) is 0 Å². The summed E-state index contributed by atoms with van der Waals surface area (Å²) in [5.74, 6) is -2.28. The minimum atomic E-state index is -0.715. The van der Waals surface area contributed by atoms with E-state index in [2.05, 4.69) is 15.9 Å². The monoisotopic (exact) mass is 572 g/mol. The van der Waals surface area contributed by atoms with Crippen molar-refractivity contribution in [3.05, 3.63) is 78.7 Å². The van der Waals surface area contributed by atoms with Crippen LogP contribution in [0.2, 0.25) is 0 Å². The van der Waals surface area contributed by atoms with E-state index in [-0.39, 0.29) is 29.8 Å². The molecule has 35 heavy (non-hydrogen) atoms. The quantitative estimate of drug-likeness (QED) is 0.334. The molecule has 1 saturated heterocycles. The molecule has 180 valence electrons. The van der Waals surface area contributed by atoms with Gasteiger partial charge in [0, 0.05) is 15.3 Å². The van der Waals surface area contributed by atoms with E-state index in [4.69, 9.17) is 4.74 Å². The molecule has 3 atom stereocenters. The molecule has 0 N–H and O–H groups in total. The molecule has 0 spiro atoms. The van der Waals surface area contributed by atoms with E-state index in [0.717, 1.165) is 26.9 Å². The summed E-state index contributed by atoms with van der Waals surface area (Å²) in [5, 5.41) is -0.165. The fourth-order valence-corrected chi connectivity index (χ4v) is 7.61. The Balaban J connectivity index is 1.64. The van der Waals surface area contributed by atoms with Crippen molar-refractivity contribution in [2.24, 2.45) is 5.92 Å². The maximum absolute atomic E-state index is 13.8. The van der Waals surface area contributed by atoms with Crippen LogP contribution >= 0.6 is 39.0 Å². The molecule has 10 heteroatoms. The van der Waals surface area contributed by atoms with E-state index < -0.39 is 23.1 Å². The molecule has 1 aromatic heterocycles. The van der Waals surface area contributed by atoms with Crippen molar-refractivity contribution in [1.82, 2.24) is 4.57 Å². The number of esters is 1. The van der Waals surface area contributed by atoms with Gasteiger partial charge in [0.05, 0.1) is 23.2 Å². The molecule has 2 amide bonds. The van der Waals surface area contributed by atoms with E-state index in [9.17, 15) is 19.2 Å². The molecule has 0 radical (unpaired) electrons. The number of rotatable bonds is 5. The van der Waals surface area contributed by atoms with Crippen LogP contribution in [0.15, 0.2) is 62.8 Å². The van der Waals surface area contributed by atoms with E-state index in [1.165, 1.54) is 21.2 Å². The molecule has 0 saturated carbocycles. The lowest BCUT2D eigenvalue weighted by atomic mass is 9.83. The van der Waals surface area contributed by atoms with Gasteiger partial charge in [0.2, 0.25) is 11.8 Å². The Kier molecular flexibility index (Phi) is 6.45. The van der Waals surface area contributed by atoms with Crippen molar-refractivity contribution >= 4 is 62.5 Å². The number of nitrogens with zero attached hydrogens (tertiary/aromatic N) is 2. The van der Waals surface area contributed by atoms with Gasteiger partial charge >= 0.3 is 10.8 Å². The second kappa shape index (κ2) is 9.40. The molecule has 3 unspecified atom stereocenters. The highest BCUT2D eigenvalue weighted by Gasteiger charge is 2.56. The largest absolute Gasteiger partial charge is 0.465 e. The first-order chi connectivity index (χ1) is 16.8. The van der Waals surface area contributed by atoms with Gasteiger partial charge in [-0.3, -0.25) is 23.7 Å². The minimum Gasteiger partial charge on any atom is -0.465 e. The summed E-state index contributed by atoms with van der Waals surface area (Å²) >= 11 is 5.66. The summed E-state index contributed by atoms with van der Waals surface area (Å²) in [6.45, 7) is 3.62. The standard InChI is InChI=1S/C25H21BrN2O5S2/c1-3-33-17(29)12-27-24-21(35-25(27)32)18(14-6-8-15(26)9-7-14)19-20(34-24)23(31)28(22(19)30)16-10-4-13(2)5-11-16/h4-11,18-20H,3,12H2,1-2H3. The first kappa shape index (κ1) is 24.0. The number of aryl methyl sites for hydroxylation is 1. The smallest absolute Gasteiger partial charge is 0.326 e. The summed E-state index contributed by atoms with van der Waals surface area (Å²) in [6, 6.07) is 14.8. The zero-order chi connectivity index (χ0) is 24.9. The molecule has 7 nitrogen and oxygen atoms in total. The lowest BCUT2D eigenvalue weighted by Gasteiger charge is -2.30. The molecule has 0 bridgehead atoms. The van der Waals surface area contributed by atoms with Crippen LogP contribution in [0, 0.1) is 12.8 Å². The van der Waals surface area contributed by atoms with Crippen LogP contribution in [0.4, 0.5) is 5.69 Å². The number of thioether (sulfide) groups is 1. The third-order valence-electron chi connectivity index (χ3n) is 6.16. The third-order valence-corrected chi connectivity index (χ3v) is 9.30. The molecule has 3 heterocycles. The summed E-state index contributed by atoms with van der Waals surface area (Å²) in [7, 11) is 0. The van der Waals surface area contributed by atoms with E-state index in [1.54, 1.807) is 19.1 Å². The third kappa shape index (κ3) is 4.17. The zero-order valence-corrected chi connectivity index (χ0v) is 22.1. The topological polar surface area (TPSA) is 85.7 Å². The number of halogens is 1. The summed E-state index contributed by atoms with van der Waals surface area (Å²) in [4.78, 5) is 54.2. The molecule has 2 aliphatic rings. The van der Waals surface area contributed by atoms with E-state index in [0.29, 0.717) is 15.6 Å². The Bertz CT molecular complexity index is 1380. The SMILES string of the molecule is CCOC(=O)Cn1c2c(sc1=O)C(c1ccc(Br)cc1)C1C(=O)N(c3ccc(C)cc3)C(=O)C1S2. The Labute approximate surface area is 218 Å². The minimum absolute atomic E-state index is 0.206. The normalized spacial score (nSPS) is 21.1. The number of aromatic nitrogens is 1. The van der Waals surface area contributed by atoms with Gasteiger partial charge < -0.3 is 4.74 Å². The molecule has 2 aliphatic heterocycles. The number of thiazole rings is 1. The van der Waals surface area contributed by atoms with Crippen molar-refractivity contribution < 1.29 is 19.1 Å². The van der Waals surface area contributed by atoms with Crippen LogP contribution in [0.3, 0.4) is 0 Å². The summed E-state index contributed by atoms with van der Waals surface area (Å²) < 4.78 is 7.31. The Morgan fingerprint density at radius 2 is 1.71 bits per heavy atom. The van der Waals surface area contributed by atoms with Crippen LogP contribution in [-0.4, -0.2) is 34.2 Å². The predicted molar refractivity (Wildman–Crippen MR) is 138 cm³/mol. The fourth-order valence-electron chi connectivity index (χ4n) is 4.57. The van der Waals surface area contributed by atoms with Gasteiger partial charge in [-0.05, 0) is 43.7 Å². The zero-order valence-electron chi connectivity index (χ0n) is 18.9. The number of imide groups is 1. The van der Waals surface area contributed by atoms with Crippen molar-refractivity contribution in [2.75, 3.05) is 11.5 Å². The number of hydrogen-bond donors (Lipinski definition) is 0. The Hall–Kier alpha value is -2.69. The highest BCUT2D eigenvalue weighted by Crippen LogP contribution is 2.53. The first-order valence-electron chi connectivity index (χ1n) is 11.1. The lowest BCUT2D eigenvalue weighted by molar-refractivity contribution is -0.144. The maximum Gasteiger partial charge on any atom is 0.326 e. The van der Waals surface area contributed by atoms with Gasteiger partial charge in [-0.15, -0.1) is 0 Å². The highest BCUT2D eigenvalue weighted by molar-refractivity contribution is 9.10. The number of ether oxygens (including phenoxy) is 1. The Morgan fingerprint density at radius 3 is 2.37 bits per heavy atom. The van der Waals surface area contributed by atoms with Crippen LogP contribution in [-0.2, 0) is 25.7 Å². The van der Waals surface area contributed by atoms with Gasteiger partial charge in [-0.2, -0.15) is 0 Å². The van der Waals surface area contributed by atoms with E-state index in [1.807, 2.05) is 43.3 Å². The van der Waals surface area contributed by atoms with Crippen molar-refractivity contribution in [1.29, 1.82) is 0 Å². The van der Waals surface area contributed by atoms with E-state index >= 15 is 0 Å². The average molecular weight is 573 g/mol. The fraction of sp³-hybridized carbons (Fsp3) is 0.280. The lowest BCUT2D eigenvalue weighted by Crippen LogP contribution is -2.32. The number of carbonyl (C=O) groups excluding carboxylic acids is 3. The number of hydrogen-bond acceptors (Lipinski definition) is 7. The molecule has 5 rings (SSSR count). The van der Waals surface area contributed by atoms with Gasteiger partial charge in [-0.25, -0.2) is 4.90 Å². The van der Waals surface area contributed by atoms with Crippen molar-refractivity contribution in [3.8, 4) is 0 Å². The predicted octanol–water partition coefficient (Wildman–Crippen LogP) is 4.34. The van der Waals surface area contributed by atoms with Crippen molar-refractivity contribution in [3.63, 3.8) is 0 Å². The average Bonchev–Trinajstić information content (AvgIpc) is 3.27. The summed E-state index contributed by atoms with van der Waals surface area (Å²) in [6.07, 6.45) is 0. The molecule has 1 fully saturated rings. The maximum atomic E-state index is 13.8. The number of fused-ring (bicyclic) bond motifs is 2. The van der Waals surface area contributed by atoms with Crippen molar-refractivity contribution in [2.45, 2.75) is 36.6 Å². The number of benzene rings is 2.